The van der Waals surface area contributed by atoms with Crippen LogP contribution in [-0.4, -0.2) is 98.8 Å². The maximum atomic E-state index is 14.6. The molecule has 0 radical (unpaired) electrons. The van der Waals surface area contributed by atoms with E-state index in [0.29, 0.717) is 29.6 Å². The number of aromatic nitrogens is 7. The Labute approximate surface area is 430 Å². The molecule has 1 saturated carbocycles. The number of aliphatic hydroxyl groups excluding tert-OH is 1. The molecule has 3 amide bonds. The van der Waals surface area contributed by atoms with Crippen LogP contribution in [0.5, 0.6) is 5.88 Å². The number of aryl methyl sites for hydroxylation is 3. The third-order valence-electron chi connectivity index (χ3n) is 13.8. The van der Waals surface area contributed by atoms with Gasteiger partial charge in [-0.3, -0.25) is 28.6 Å². The summed E-state index contributed by atoms with van der Waals surface area (Å²) in [4.78, 5) is 59.9. The van der Waals surface area contributed by atoms with Gasteiger partial charge in [0.25, 0.3) is 0 Å². The van der Waals surface area contributed by atoms with E-state index < -0.39 is 29.6 Å². The second-order valence-electron chi connectivity index (χ2n) is 20.0. The second-order valence-corrected chi connectivity index (χ2v) is 22.5. The molecule has 10 rings (SSSR count). The number of nitrogens with zero attached hydrogens (tertiary/aromatic N) is 9. The molecule has 1 aliphatic carbocycles. The molecular formula is C53H56ClN11O5S2. The smallest absolute Gasteiger partial charge is 0.248 e. The van der Waals surface area contributed by atoms with E-state index in [0.717, 1.165) is 66.1 Å². The number of amides is 3. The highest BCUT2D eigenvalue weighted by Gasteiger charge is 2.45. The predicted octanol–water partition coefficient (Wildman–Crippen LogP) is 8.47. The number of carbonyl (C=O) groups excluding carboxylic acids is 3. The van der Waals surface area contributed by atoms with Gasteiger partial charge in [0.15, 0.2) is 5.82 Å². The summed E-state index contributed by atoms with van der Waals surface area (Å²) in [6, 6.07) is 17.0. The van der Waals surface area contributed by atoms with Crippen LogP contribution in [-0.2, 0) is 20.9 Å². The number of aliphatic imine (C=N–C) groups is 1. The van der Waals surface area contributed by atoms with E-state index in [9.17, 15) is 19.5 Å². The number of carbonyl (C=O) groups is 3. The van der Waals surface area contributed by atoms with Crippen molar-refractivity contribution < 1.29 is 24.2 Å². The Balaban J connectivity index is 0.767. The minimum atomic E-state index is -0.841. The topological polar surface area (TPSA) is 195 Å². The number of benzene rings is 2. The Hall–Kier alpha value is -6.60. The average molecular weight is 1030 g/mol. The van der Waals surface area contributed by atoms with E-state index in [1.165, 1.54) is 9.78 Å². The lowest BCUT2D eigenvalue weighted by Gasteiger charge is -2.35. The van der Waals surface area contributed by atoms with Crippen LogP contribution in [0.3, 0.4) is 0 Å². The summed E-state index contributed by atoms with van der Waals surface area (Å²) >= 11 is 9.54. The summed E-state index contributed by atoms with van der Waals surface area (Å²) < 4.78 is 10.0. The Morgan fingerprint density at radius 3 is 2.40 bits per heavy atom. The zero-order valence-electron chi connectivity index (χ0n) is 41.1. The first-order valence-electron chi connectivity index (χ1n) is 24.1. The zero-order valence-corrected chi connectivity index (χ0v) is 43.5. The Morgan fingerprint density at radius 2 is 1.68 bits per heavy atom. The molecule has 4 atom stereocenters. The normalized spacial score (nSPS) is 19.9. The van der Waals surface area contributed by atoms with Crippen LogP contribution in [0.25, 0.3) is 26.6 Å². The largest absolute Gasteiger partial charge is 0.474 e. The highest BCUT2D eigenvalue weighted by atomic mass is 35.5. The number of pyridine rings is 1. The van der Waals surface area contributed by atoms with Gasteiger partial charge in [0.05, 0.1) is 40.5 Å². The number of hydrogen-bond donors (Lipinski definition) is 3. The van der Waals surface area contributed by atoms with Gasteiger partial charge in [-0.2, -0.15) is 5.10 Å². The molecule has 16 nitrogen and oxygen atoms in total. The van der Waals surface area contributed by atoms with Crippen molar-refractivity contribution in [2.45, 2.75) is 117 Å². The minimum absolute atomic E-state index is 0.0397. The molecule has 3 aliphatic rings. The quantitative estimate of drug-likeness (QED) is 0.101. The number of ether oxygens (including phenoxy) is 1. The Morgan fingerprint density at radius 1 is 0.931 bits per heavy atom. The van der Waals surface area contributed by atoms with Crippen LogP contribution < -0.4 is 15.4 Å². The van der Waals surface area contributed by atoms with Crippen LogP contribution in [0, 0.1) is 33.1 Å². The molecule has 72 heavy (non-hydrogen) atoms. The number of likely N-dealkylation sites (tertiary alicyclic amines) is 1. The monoisotopic (exact) mass is 1030 g/mol. The molecular weight excluding hydrogens is 970 g/mol. The maximum absolute atomic E-state index is 14.6. The summed E-state index contributed by atoms with van der Waals surface area (Å²) in [5.74, 6) is 1.02. The summed E-state index contributed by atoms with van der Waals surface area (Å²) in [6.07, 6.45) is 5.62. The molecule has 7 aromatic rings. The predicted molar refractivity (Wildman–Crippen MR) is 278 cm³/mol. The van der Waals surface area contributed by atoms with Crippen molar-refractivity contribution in [1.82, 2.24) is 50.0 Å². The summed E-state index contributed by atoms with van der Waals surface area (Å²) in [7, 11) is 0. The third-order valence-corrected chi connectivity index (χ3v) is 16.2. The molecule has 0 unspecified atom stereocenters. The molecule has 5 aromatic heterocycles. The highest BCUT2D eigenvalue weighted by molar-refractivity contribution is 7.15. The molecule has 19 heteroatoms. The van der Waals surface area contributed by atoms with Crippen LogP contribution in [0.1, 0.15) is 103 Å². The van der Waals surface area contributed by atoms with Gasteiger partial charge >= 0.3 is 0 Å². The average Bonchev–Trinajstić information content (AvgIpc) is 4.18. The molecule has 2 aromatic carbocycles. The zero-order chi connectivity index (χ0) is 50.6. The van der Waals surface area contributed by atoms with E-state index >= 15 is 0 Å². The summed E-state index contributed by atoms with van der Waals surface area (Å²) in [6.45, 7) is 14.3. The van der Waals surface area contributed by atoms with Crippen LogP contribution >= 0.6 is 34.3 Å². The minimum Gasteiger partial charge on any atom is -0.474 e. The van der Waals surface area contributed by atoms with Crippen molar-refractivity contribution in [2.24, 2.45) is 10.4 Å². The van der Waals surface area contributed by atoms with Crippen molar-refractivity contribution in [3.05, 3.63) is 134 Å². The number of thiophene rings is 1. The summed E-state index contributed by atoms with van der Waals surface area (Å²) in [5, 5.41) is 32.3. The van der Waals surface area contributed by atoms with Crippen molar-refractivity contribution in [2.75, 3.05) is 6.54 Å². The molecule has 0 spiro atoms. The second kappa shape index (κ2) is 19.8. The van der Waals surface area contributed by atoms with Gasteiger partial charge in [0.2, 0.25) is 23.6 Å². The molecule has 2 fully saturated rings. The lowest BCUT2D eigenvalue weighted by Crippen LogP contribution is -2.50. The third kappa shape index (κ3) is 9.84. The SMILES string of the molecule is Cc1ncsc1-c1ccc(CNC(=O)[C@@H]2C[C@@H](O)CN2C(=O)[C@@H](n2cc(-c3ccnc(O[C@H]4C[C@H](NC(=O)C[C@@H]5N=C(c6ccc(Cl)cc6)c6c(sc(C)c6C)-n6c(C)nnc65)C4)c3)cn2)C(C)(C)C)cc1. The highest BCUT2D eigenvalue weighted by Crippen LogP contribution is 2.41. The Kier molecular flexibility index (Phi) is 13.5. The molecule has 7 heterocycles. The van der Waals surface area contributed by atoms with Gasteiger partial charge < -0.3 is 25.4 Å². The van der Waals surface area contributed by atoms with Crippen LogP contribution in [0.4, 0.5) is 0 Å². The van der Waals surface area contributed by atoms with Gasteiger partial charge in [-0.25, -0.2) is 9.97 Å². The van der Waals surface area contributed by atoms with Crippen molar-refractivity contribution in [3.8, 4) is 32.4 Å². The first kappa shape index (κ1) is 49.0. The standard InChI is InChI=1S/C53H56ClN11O5S2/c1-28-30(3)72-52-45(28)46(33-12-14-37(54)15-13-33)60-41(49-62-61-31(4)65(49)52)22-43(67)59-38-19-40(20-38)70-44-18-35(16-17-55-44)36-24-58-64(25-36)48(53(5,6)7)51(69)63-26-39(66)21-42(63)50(68)56-23-32-8-10-34(11-9-32)47-29(2)57-27-71-47/h8-18,24-25,27,38-42,48,66H,19-23,26H2,1-7H3,(H,56,68)(H,59,67)/t38-,39-,40-,41+,42+,48-/m1/s1. The molecule has 2 aliphatic heterocycles. The van der Waals surface area contributed by atoms with Crippen LogP contribution in [0.2, 0.25) is 5.02 Å². The molecule has 3 N–H and O–H groups in total. The van der Waals surface area contributed by atoms with Gasteiger partial charge in [-0.1, -0.05) is 68.8 Å². The fourth-order valence-corrected chi connectivity index (χ4v) is 12.0. The fraction of sp³-hybridized carbons (Fsp3) is 0.377. The molecule has 0 bridgehead atoms. The van der Waals surface area contributed by atoms with E-state index in [-0.39, 0.29) is 55.8 Å². The van der Waals surface area contributed by atoms with Crippen molar-refractivity contribution >= 4 is 57.7 Å². The molecule has 1 saturated heterocycles. The lowest BCUT2D eigenvalue weighted by molar-refractivity contribution is -0.144. The van der Waals surface area contributed by atoms with E-state index in [1.807, 2.05) is 112 Å². The lowest BCUT2D eigenvalue weighted by atomic mass is 9.85. The van der Waals surface area contributed by atoms with Crippen LogP contribution in [0.15, 0.2) is 89.8 Å². The summed E-state index contributed by atoms with van der Waals surface area (Å²) in [5.41, 5.74) is 9.56. The molecule has 372 valence electrons. The number of aliphatic hydroxyl groups is 1. The number of nitrogens with one attached hydrogen (secondary N) is 2. The van der Waals surface area contributed by atoms with Gasteiger partial charge in [-0.05, 0) is 73.6 Å². The maximum Gasteiger partial charge on any atom is 0.248 e. The van der Waals surface area contributed by atoms with E-state index in [2.05, 4.69) is 49.7 Å². The number of hydrogen-bond acceptors (Lipinski definition) is 13. The fourth-order valence-electron chi connectivity index (χ4n) is 9.83. The number of rotatable bonds is 13. The van der Waals surface area contributed by atoms with Gasteiger partial charge in [-0.15, -0.1) is 32.9 Å². The number of thiazole rings is 1. The number of fused-ring (bicyclic) bond motifs is 3. The van der Waals surface area contributed by atoms with Gasteiger partial charge in [0, 0.05) is 83.4 Å². The van der Waals surface area contributed by atoms with Crippen molar-refractivity contribution in [3.63, 3.8) is 0 Å². The van der Waals surface area contributed by atoms with E-state index in [4.69, 9.17) is 21.3 Å². The van der Waals surface area contributed by atoms with Gasteiger partial charge in [0.1, 0.15) is 35.1 Å². The van der Waals surface area contributed by atoms with Crippen molar-refractivity contribution in [1.29, 1.82) is 0 Å². The first-order chi connectivity index (χ1) is 34.5. The number of β-amino-alcohol motifs (C(OH)–C–C–N with tert-alkyl or cyclic N) is 1. The first-order valence-corrected chi connectivity index (χ1v) is 26.1. The van der Waals surface area contributed by atoms with E-state index in [1.54, 1.807) is 39.7 Å². The number of halogens is 1. The Bertz CT molecular complexity index is 3200.